The minimum Gasteiger partial charge on any atom is -0.506 e. The highest BCUT2D eigenvalue weighted by Gasteiger charge is 2.09. The van der Waals surface area contributed by atoms with Gasteiger partial charge < -0.3 is 5.11 Å². The van der Waals surface area contributed by atoms with Crippen molar-refractivity contribution in [2.45, 2.75) is 0 Å². The first kappa shape index (κ1) is 9.45. The summed E-state index contributed by atoms with van der Waals surface area (Å²) >= 11 is 0. The molecule has 0 radical (unpaired) electrons. The van der Waals surface area contributed by atoms with E-state index >= 15 is 0 Å². The predicted octanol–water partition coefficient (Wildman–Crippen LogP) is -0.662. The summed E-state index contributed by atoms with van der Waals surface area (Å²) in [5.74, 6) is -0.0988. The third-order valence-corrected chi connectivity index (χ3v) is 2.28. The maximum absolute atomic E-state index is 11.7. The molecule has 0 unspecified atom stereocenters. The van der Waals surface area contributed by atoms with Gasteiger partial charge >= 0.3 is 5.69 Å². The molecule has 1 N–H and O–H groups in total. The van der Waals surface area contributed by atoms with Crippen LogP contribution in [0.1, 0.15) is 0 Å². The highest BCUT2D eigenvalue weighted by molar-refractivity contribution is 5.74. The lowest BCUT2D eigenvalue weighted by molar-refractivity contribution is 0.473. The summed E-state index contributed by atoms with van der Waals surface area (Å²) in [4.78, 5) is 27.0. The van der Waals surface area contributed by atoms with E-state index in [-0.39, 0.29) is 16.8 Å². The molecule has 0 spiro atoms. The smallest absolute Gasteiger partial charge is 0.332 e. The molecule has 0 saturated heterocycles. The Morgan fingerprint density at radius 2 is 1.93 bits per heavy atom. The van der Waals surface area contributed by atoms with Crippen molar-refractivity contribution in [1.29, 1.82) is 0 Å². The molecule has 0 atom stereocenters. The van der Waals surface area contributed by atoms with Gasteiger partial charge in [-0.1, -0.05) is 0 Å². The molecule has 0 aliphatic carbocycles. The molecule has 0 bridgehead atoms. The van der Waals surface area contributed by atoms with E-state index < -0.39 is 11.2 Å². The summed E-state index contributed by atoms with van der Waals surface area (Å²) < 4.78 is 2.24. The molecule has 6 heteroatoms. The molecular weight excluding hydrogens is 198 g/mol. The van der Waals surface area contributed by atoms with Gasteiger partial charge in [0.25, 0.3) is 5.56 Å². The fourth-order valence-corrected chi connectivity index (χ4v) is 1.45. The third kappa shape index (κ3) is 1.22. The number of aryl methyl sites for hydroxylation is 1. The van der Waals surface area contributed by atoms with Crippen LogP contribution in [0.3, 0.4) is 0 Å². The van der Waals surface area contributed by atoms with Crippen molar-refractivity contribution < 1.29 is 5.11 Å². The fraction of sp³-hybridized carbons (Fsp3) is 0.222. The summed E-state index contributed by atoms with van der Waals surface area (Å²) in [6.45, 7) is 0. The van der Waals surface area contributed by atoms with Crippen LogP contribution in [-0.2, 0) is 14.1 Å². The van der Waals surface area contributed by atoms with Crippen LogP contribution in [0.25, 0.3) is 11.0 Å². The van der Waals surface area contributed by atoms with Crippen LogP contribution in [0.15, 0.2) is 21.9 Å². The molecule has 2 rings (SSSR count). The molecule has 0 amide bonds. The molecule has 78 valence electrons. The number of nitrogens with zero attached hydrogens (tertiary/aromatic N) is 3. The quantitative estimate of drug-likeness (QED) is 0.622. The Morgan fingerprint density at radius 1 is 1.27 bits per heavy atom. The predicted molar refractivity (Wildman–Crippen MR) is 53.9 cm³/mol. The standard InChI is InChI=1S/C9H9N3O3/c1-11-7-6(3-5(13)4-10-7)8(14)12(2)9(11)15/h3-4,13H,1-2H3. The summed E-state index contributed by atoms with van der Waals surface area (Å²) in [6, 6.07) is 1.30. The molecule has 15 heavy (non-hydrogen) atoms. The highest BCUT2D eigenvalue weighted by Crippen LogP contribution is 2.11. The maximum atomic E-state index is 11.7. The van der Waals surface area contributed by atoms with Crippen molar-refractivity contribution in [1.82, 2.24) is 14.1 Å². The Bertz CT molecular complexity index is 654. The van der Waals surface area contributed by atoms with E-state index in [4.69, 9.17) is 0 Å². The van der Waals surface area contributed by atoms with E-state index in [0.29, 0.717) is 0 Å². The van der Waals surface area contributed by atoms with E-state index in [1.807, 2.05) is 0 Å². The van der Waals surface area contributed by atoms with Crippen molar-refractivity contribution in [2.75, 3.05) is 0 Å². The van der Waals surface area contributed by atoms with Gasteiger partial charge in [-0.25, -0.2) is 9.78 Å². The number of pyridine rings is 1. The van der Waals surface area contributed by atoms with E-state index in [1.54, 1.807) is 0 Å². The Morgan fingerprint density at radius 3 is 2.60 bits per heavy atom. The first-order chi connectivity index (χ1) is 7.02. The second kappa shape index (κ2) is 2.94. The van der Waals surface area contributed by atoms with Gasteiger partial charge in [-0.05, 0) is 6.07 Å². The summed E-state index contributed by atoms with van der Waals surface area (Å²) in [6.07, 6.45) is 1.20. The van der Waals surface area contributed by atoms with E-state index in [2.05, 4.69) is 4.98 Å². The van der Waals surface area contributed by atoms with Crippen LogP contribution in [0.2, 0.25) is 0 Å². The van der Waals surface area contributed by atoms with Crippen molar-refractivity contribution in [3.63, 3.8) is 0 Å². The van der Waals surface area contributed by atoms with E-state index in [1.165, 1.54) is 30.9 Å². The highest BCUT2D eigenvalue weighted by atomic mass is 16.3. The van der Waals surface area contributed by atoms with Crippen molar-refractivity contribution in [3.05, 3.63) is 33.1 Å². The zero-order valence-corrected chi connectivity index (χ0v) is 8.26. The molecular formula is C9H9N3O3. The Hall–Kier alpha value is -2.11. The van der Waals surface area contributed by atoms with Crippen LogP contribution in [0.4, 0.5) is 0 Å². The molecule has 2 aromatic heterocycles. The van der Waals surface area contributed by atoms with Crippen molar-refractivity contribution >= 4 is 11.0 Å². The minimum atomic E-state index is -0.462. The maximum Gasteiger partial charge on any atom is 0.332 e. The van der Waals surface area contributed by atoms with Gasteiger partial charge in [0.15, 0.2) is 0 Å². The first-order valence-electron chi connectivity index (χ1n) is 4.27. The normalized spacial score (nSPS) is 10.8. The lowest BCUT2D eigenvalue weighted by atomic mass is 10.3. The van der Waals surface area contributed by atoms with Crippen LogP contribution < -0.4 is 11.2 Å². The monoisotopic (exact) mass is 207 g/mol. The average Bonchev–Trinajstić information content (AvgIpc) is 2.23. The molecule has 6 nitrogen and oxygen atoms in total. The molecule has 2 aromatic rings. The molecule has 0 fully saturated rings. The molecule has 0 saturated carbocycles. The Balaban J connectivity index is 3.15. The number of aromatic hydroxyl groups is 1. The van der Waals surface area contributed by atoms with E-state index in [9.17, 15) is 14.7 Å². The van der Waals surface area contributed by atoms with Gasteiger partial charge in [-0.2, -0.15) is 0 Å². The number of hydrogen-bond donors (Lipinski definition) is 1. The second-order valence-electron chi connectivity index (χ2n) is 3.27. The molecule has 0 aliphatic rings. The van der Waals surface area contributed by atoms with Gasteiger partial charge in [0.05, 0.1) is 11.6 Å². The lowest BCUT2D eigenvalue weighted by Crippen LogP contribution is -2.37. The van der Waals surface area contributed by atoms with Crippen LogP contribution in [0.5, 0.6) is 5.75 Å². The first-order valence-corrected chi connectivity index (χ1v) is 4.27. The van der Waals surface area contributed by atoms with Gasteiger partial charge in [-0.3, -0.25) is 13.9 Å². The second-order valence-corrected chi connectivity index (χ2v) is 3.27. The Labute approximate surface area is 84.0 Å². The van der Waals surface area contributed by atoms with Crippen LogP contribution in [0, 0.1) is 0 Å². The minimum absolute atomic E-state index is 0.0988. The molecule has 0 aromatic carbocycles. The number of hydrogen-bond acceptors (Lipinski definition) is 4. The van der Waals surface area contributed by atoms with E-state index in [0.717, 1.165) is 4.57 Å². The summed E-state index contributed by atoms with van der Waals surface area (Å²) in [7, 11) is 2.91. The lowest BCUT2D eigenvalue weighted by Gasteiger charge is -2.05. The largest absolute Gasteiger partial charge is 0.506 e. The zero-order valence-electron chi connectivity index (χ0n) is 8.26. The van der Waals surface area contributed by atoms with Crippen molar-refractivity contribution in [3.8, 4) is 5.75 Å². The molecule has 0 aliphatic heterocycles. The van der Waals surface area contributed by atoms with Crippen LogP contribution >= 0.6 is 0 Å². The Kier molecular flexibility index (Phi) is 1.85. The summed E-state index contributed by atoms with van der Waals surface area (Å²) in [5.41, 5.74) is -0.636. The third-order valence-electron chi connectivity index (χ3n) is 2.28. The van der Waals surface area contributed by atoms with Gasteiger partial charge in [0.1, 0.15) is 11.4 Å². The van der Waals surface area contributed by atoms with Crippen molar-refractivity contribution in [2.24, 2.45) is 14.1 Å². The van der Waals surface area contributed by atoms with Crippen LogP contribution in [-0.4, -0.2) is 19.2 Å². The van der Waals surface area contributed by atoms with Gasteiger partial charge in [0, 0.05) is 14.1 Å². The van der Waals surface area contributed by atoms with Gasteiger partial charge in [-0.15, -0.1) is 0 Å². The molecule has 2 heterocycles. The zero-order chi connectivity index (χ0) is 11.2. The fourth-order valence-electron chi connectivity index (χ4n) is 1.45. The topological polar surface area (TPSA) is 77.1 Å². The summed E-state index contributed by atoms with van der Waals surface area (Å²) in [5, 5.41) is 9.43. The SMILES string of the molecule is Cn1c(=O)c2cc(O)cnc2n(C)c1=O. The van der Waals surface area contributed by atoms with Gasteiger partial charge in [0.2, 0.25) is 0 Å². The number of aromatic nitrogens is 3. The average molecular weight is 207 g/mol. The number of rotatable bonds is 0. The number of fused-ring (bicyclic) bond motifs is 1.